The molecule has 0 N–H and O–H groups in total. The summed E-state index contributed by atoms with van der Waals surface area (Å²) < 4.78 is 81.5. The van der Waals surface area contributed by atoms with Crippen LogP contribution in [0, 0.1) is 0 Å². The van der Waals surface area contributed by atoms with E-state index in [0.717, 1.165) is 0 Å². The summed E-state index contributed by atoms with van der Waals surface area (Å²) in [6.45, 7) is -0.110. The van der Waals surface area contributed by atoms with Crippen molar-refractivity contribution in [2.75, 3.05) is 0 Å². The highest BCUT2D eigenvalue weighted by molar-refractivity contribution is 5.86. The van der Waals surface area contributed by atoms with E-state index in [2.05, 4.69) is 0 Å². The first-order valence-corrected chi connectivity index (χ1v) is 2.78. The van der Waals surface area contributed by atoms with Gasteiger partial charge in [-0.15, -0.1) is 0 Å². The molecule has 13 heavy (non-hydrogen) atoms. The zero-order chi connectivity index (χ0) is 11.1. The van der Waals surface area contributed by atoms with Crippen molar-refractivity contribution in [2.45, 2.75) is 24.9 Å². The monoisotopic (exact) mass is 212 g/mol. The van der Waals surface area contributed by atoms with Gasteiger partial charge in [-0.25, -0.2) is 4.39 Å². The molecule has 0 atom stereocenters. The van der Waals surface area contributed by atoms with Gasteiger partial charge < -0.3 is 0 Å². The summed E-state index contributed by atoms with van der Waals surface area (Å²) in [7, 11) is 0. The third-order valence-electron chi connectivity index (χ3n) is 1.27. The summed E-state index contributed by atoms with van der Waals surface area (Å²) in [5, 5.41) is 0. The normalized spacial score (nSPS) is 14.5. The smallest absolute Gasteiger partial charge is 0.296 e. The number of halogens is 7. The fraction of sp³-hybridized carbons (Fsp3) is 0.800. The maximum absolute atomic E-state index is 12.3. The van der Waals surface area contributed by atoms with Gasteiger partial charge in [0, 0.05) is 0 Å². The Balaban J connectivity index is 5.35. The average Bonchev–Trinajstić information content (AvgIpc) is 1.80. The number of hydrogen-bond donors (Lipinski definition) is 0. The van der Waals surface area contributed by atoms with Crippen LogP contribution in [0.3, 0.4) is 0 Å². The SMILES string of the molecule is CC(=O)C(F)(C(F)(F)F)C(F)(F)F. The lowest BCUT2D eigenvalue weighted by Crippen LogP contribution is -2.58. The molecule has 0 aliphatic heterocycles. The minimum Gasteiger partial charge on any atom is -0.296 e. The molecule has 0 unspecified atom stereocenters. The Morgan fingerprint density at radius 1 is 0.846 bits per heavy atom. The highest BCUT2D eigenvalue weighted by Crippen LogP contribution is 2.46. The molecule has 0 aromatic heterocycles. The lowest BCUT2D eigenvalue weighted by Gasteiger charge is -2.27. The molecular formula is C5H3F7O. The van der Waals surface area contributed by atoms with E-state index in [1.54, 1.807) is 0 Å². The zero-order valence-electron chi connectivity index (χ0n) is 6.05. The van der Waals surface area contributed by atoms with E-state index in [1.807, 2.05) is 0 Å². The van der Waals surface area contributed by atoms with Crippen molar-refractivity contribution in [3.63, 3.8) is 0 Å². The molecule has 8 heteroatoms. The minimum absolute atomic E-state index is 0.110. The second-order valence-corrected chi connectivity index (χ2v) is 2.21. The van der Waals surface area contributed by atoms with E-state index in [-0.39, 0.29) is 6.92 Å². The largest absolute Gasteiger partial charge is 0.439 e. The second-order valence-electron chi connectivity index (χ2n) is 2.21. The molecule has 0 saturated carbocycles. The molecule has 0 aromatic carbocycles. The molecule has 0 fully saturated rings. The van der Waals surface area contributed by atoms with E-state index in [4.69, 9.17) is 0 Å². The summed E-state index contributed by atoms with van der Waals surface area (Å²) in [6.07, 6.45) is -12.6. The summed E-state index contributed by atoms with van der Waals surface area (Å²) >= 11 is 0. The van der Waals surface area contributed by atoms with E-state index >= 15 is 0 Å². The van der Waals surface area contributed by atoms with Gasteiger partial charge in [0.1, 0.15) is 0 Å². The Labute approximate surface area is 67.5 Å². The molecular weight excluding hydrogens is 209 g/mol. The Kier molecular flexibility index (Phi) is 2.67. The Morgan fingerprint density at radius 2 is 1.08 bits per heavy atom. The fourth-order valence-electron chi connectivity index (χ4n) is 0.560. The molecule has 0 rings (SSSR count). The van der Waals surface area contributed by atoms with Crippen molar-refractivity contribution in [3.05, 3.63) is 0 Å². The molecule has 0 bridgehead atoms. The van der Waals surface area contributed by atoms with Crippen LogP contribution >= 0.6 is 0 Å². The van der Waals surface area contributed by atoms with E-state index in [9.17, 15) is 35.5 Å². The highest BCUT2D eigenvalue weighted by Gasteiger charge is 2.75. The molecule has 0 heterocycles. The number of carbonyl (C=O) groups is 1. The standard InChI is InChI=1S/C5H3F7O/c1-2(13)3(6,4(7,8)9)5(10,11)12/h1H3. The van der Waals surface area contributed by atoms with Crippen LogP contribution in [0.4, 0.5) is 30.7 Å². The van der Waals surface area contributed by atoms with Crippen molar-refractivity contribution in [1.29, 1.82) is 0 Å². The van der Waals surface area contributed by atoms with Gasteiger partial charge in [0.25, 0.3) is 0 Å². The average molecular weight is 212 g/mol. The van der Waals surface area contributed by atoms with Gasteiger partial charge in [-0.1, -0.05) is 0 Å². The first kappa shape index (κ1) is 12.2. The van der Waals surface area contributed by atoms with Crippen molar-refractivity contribution in [2.24, 2.45) is 0 Å². The lowest BCUT2D eigenvalue weighted by atomic mass is 10.0. The van der Waals surface area contributed by atoms with E-state index < -0.39 is 23.8 Å². The van der Waals surface area contributed by atoms with Crippen LogP contribution in [-0.2, 0) is 4.79 Å². The maximum Gasteiger partial charge on any atom is 0.439 e. The van der Waals surface area contributed by atoms with E-state index in [0.29, 0.717) is 0 Å². The fourth-order valence-corrected chi connectivity index (χ4v) is 0.560. The second kappa shape index (κ2) is 2.85. The number of hydrogen-bond acceptors (Lipinski definition) is 1. The Morgan fingerprint density at radius 3 is 1.08 bits per heavy atom. The molecule has 78 valence electrons. The summed E-state index contributed by atoms with van der Waals surface area (Å²) in [6, 6.07) is 0. The van der Waals surface area contributed by atoms with Crippen LogP contribution in [0.1, 0.15) is 6.92 Å². The van der Waals surface area contributed by atoms with Gasteiger partial charge in [-0.05, 0) is 6.92 Å². The van der Waals surface area contributed by atoms with Crippen molar-refractivity contribution in [1.82, 2.24) is 0 Å². The van der Waals surface area contributed by atoms with Crippen LogP contribution in [0.2, 0.25) is 0 Å². The van der Waals surface area contributed by atoms with Gasteiger partial charge in [0.15, 0.2) is 5.78 Å². The third-order valence-corrected chi connectivity index (χ3v) is 1.27. The van der Waals surface area contributed by atoms with E-state index in [1.165, 1.54) is 0 Å². The molecule has 0 amide bonds. The van der Waals surface area contributed by atoms with Crippen LogP contribution in [-0.4, -0.2) is 23.8 Å². The van der Waals surface area contributed by atoms with Crippen molar-refractivity contribution in [3.8, 4) is 0 Å². The molecule has 0 aromatic rings. The summed E-state index contributed by atoms with van der Waals surface area (Å²) in [5.74, 6) is -2.63. The van der Waals surface area contributed by atoms with Gasteiger partial charge in [-0.3, -0.25) is 4.79 Å². The number of rotatable bonds is 1. The van der Waals surface area contributed by atoms with Gasteiger partial charge >= 0.3 is 18.0 Å². The van der Waals surface area contributed by atoms with Crippen LogP contribution in [0.5, 0.6) is 0 Å². The number of Topliss-reactive ketones (excluding diaryl/α,β-unsaturated/α-hetero) is 1. The molecule has 0 aliphatic rings. The van der Waals surface area contributed by atoms with Gasteiger partial charge in [-0.2, -0.15) is 26.3 Å². The number of carbonyl (C=O) groups excluding carboxylic acids is 1. The molecule has 0 saturated heterocycles. The maximum atomic E-state index is 12.3. The summed E-state index contributed by atoms with van der Waals surface area (Å²) in [5.41, 5.74) is -5.76. The Hall–Kier alpha value is -0.820. The van der Waals surface area contributed by atoms with Crippen LogP contribution in [0.15, 0.2) is 0 Å². The highest BCUT2D eigenvalue weighted by atomic mass is 19.4. The molecule has 0 spiro atoms. The molecule has 0 aliphatic carbocycles. The van der Waals surface area contributed by atoms with Crippen molar-refractivity contribution < 1.29 is 35.5 Å². The predicted octanol–water partition coefficient (Wildman–Crippen LogP) is 2.41. The summed E-state index contributed by atoms with van der Waals surface area (Å²) in [4.78, 5) is 9.94. The first-order chi connectivity index (χ1) is 5.44. The topological polar surface area (TPSA) is 17.1 Å². The lowest BCUT2D eigenvalue weighted by molar-refractivity contribution is -0.324. The van der Waals surface area contributed by atoms with Crippen LogP contribution < -0.4 is 0 Å². The van der Waals surface area contributed by atoms with Gasteiger partial charge in [0.2, 0.25) is 0 Å². The number of ketones is 1. The van der Waals surface area contributed by atoms with Crippen molar-refractivity contribution >= 4 is 5.78 Å². The molecule has 1 nitrogen and oxygen atoms in total. The predicted molar refractivity (Wildman–Crippen MR) is 26.6 cm³/mol. The quantitative estimate of drug-likeness (QED) is 0.610. The van der Waals surface area contributed by atoms with Gasteiger partial charge in [0.05, 0.1) is 0 Å². The Bertz CT molecular complexity index is 198. The zero-order valence-corrected chi connectivity index (χ0v) is 6.05. The first-order valence-electron chi connectivity index (χ1n) is 2.78. The minimum atomic E-state index is -6.28. The third kappa shape index (κ3) is 1.75. The van der Waals surface area contributed by atoms with Crippen LogP contribution in [0.25, 0.3) is 0 Å². The number of alkyl halides is 7. The molecule has 0 radical (unpaired) electrons.